The lowest BCUT2D eigenvalue weighted by molar-refractivity contribution is -0.116. The quantitative estimate of drug-likeness (QED) is 0.399. The van der Waals surface area contributed by atoms with Crippen LogP contribution in [0.4, 0.5) is 9.52 Å². The molecular weight excluding hydrogens is 452 g/mol. The fraction of sp³-hybridized carbons (Fsp3) is 0.300. The van der Waals surface area contributed by atoms with E-state index in [4.69, 9.17) is 11.6 Å². The van der Waals surface area contributed by atoms with Crippen LogP contribution in [0.3, 0.4) is 0 Å². The fourth-order valence-electron chi connectivity index (χ4n) is 2.64. The summed E-state index contributed by atoms with van der Waals surface area (Å²) in [4.78, 5) is 22.1. The van der Waals surface area contributed by atoms with Crippen LogP contribution in [0, 0.1) is 5.82 Å². The molecule has 1 heterocycles. The van der Waals surface area contributed by atoms with Gasteiger partial charge in [0.1, 0.15) is 11.3 Å². The van der Waals surface area contributed by atoms with E-state index in [1.165, 1.54) is 29.2 Å². The molecule has 0 radical (unpaired) electrons. The zero-order valence-electron chi connectivity index (χ0n) is 16.1. The number of carbonyl (C=O) groups is 1. The molecule has 0 aliphatic rings. The molecule has 0 spiro atoms. The summed E-state index contributed by atoms with van der Waals surface area (Å²) in [6.45, 7) is 1.40. The summed E-state index contributed by atoms with van der Waals surface area (Å²) in [6.07, 6.45) is 0.808. The van der Waals surface area contributed by atoms with Gasteiger partial charge in [0, 0.05) is 16.5 Å². The van der Waals surface area contributed by atoms with Gasteiger partial charge < -0.3 is 4.90 Å². The van der Waals surface area contributed by atoms with Gasteiger partial charge in [0.05, 0.1) is 10.5 Å². The fourth-order valence-corrected chi connectivity index (χ4v) is 4.57. The van der Waals surface area contributed by atoms with E-state index in [1.807, 2.05) is 32.3 Å². The van der Waals surface area contributed by atoms with E-state index in [2.05, 4.69) is 9.88 Å². The van der Waals surface area contributed by atoms with Crippen LogP contribution in [-0.2, 0) is 4.79 Å². The van der Waals surface area contributed by atoms with Gasteiger partial charge in [0.2, 0.25) is 5.91 Å². The van der Waals surface area contributed by atoms with Crippen LogP contribution in [0.2, 0.25) is 5.02 Å². The van der Waals surface area contributed by atoms with Crippen molar-refractivity contribution in [2.45, 2.75) is 11.3 Å². The number of hydrogen-bond donors (Lipinski definition) is 0. The van der Waals surface area contributed by atoms with Crippen LogP contribution in [0.1, 0.15) is 6.42 Å². The van der Waals surface area contributed by atoms with Crippen molar-refractivity contribution in [3.05, 3.63) is 53.3 Å². The van der Waals surface area contributed by atoms with E-state index in [-0.39, 0.29) is 29.9 Å². The first-order valence-electron chi connectivity index (χ1n) is 8.82. The highest BCUT2D eigenvalue weighted by Crippen LogP contribution is 2.31. The van der Waals surface area contributed by atoms with E-state index in [0.29, 0.717) is 22.2 Å². The summed E-state index contributed by atoms with van der Waals surface area (Å²) >= 11 is 8.71. The summed E-state index contributed by atoms with van der Waals surface area (Å²) in [7, 11) is 3.99. The predicted octanol–water partition coefficient (Wildman–Crippen LogP) is 5.59. The molecule has 0 aliphatic heterocycles. The molecule has 4 nitrogen and oxygen atoms in total. The number of para-hydroxylation sites is 1. The van der Waals surface area contributed by atoms with Gasteiger partial charge in [-0.15, -0.1) is 24.2 Å². The minimum atomic E-state index is -0.365. The largest absolute Gasteiger partial charge is 0.309 e. The molecular formula is C20H22Cl2FN3OS2. The Morgan fingerprint density at radius 1 is 1.17 bits per heavy atom. The number of nitrogens with zero attached hydrogens (tertiary/aromatic N) is 3. The lowest BCUT2D eigenvalue weighted by Gasteiger charge is -2.21. The summed E-state index contributed by atoms with van der Waals surface area (Å²) in [5.74, 6) is -0.128. The average Bonchev–Trinajstić information content (AvgIpc) is 3.09. The first kappa shape index (κ1) is 23.9. The Kier molecular flexibility index (Phi) is 9.17. The summed E-state index contributed by atoms with van der Waals surface area (Å²) in [5, 5.41) is 1.21. The Morgan fingerprint density at radius 2 is 1.90 bits per heavy atom. The second kappa shape index (κ2) is 11.1. The number of carbonyl (C=O) groups excluding carboxylic acids is 1. The maximum absolute atomic E-state index is 14.0. The molecule has 1 aromatic heterocycles. The summed E-state index contributed by atoms with van der Waals surface area (Å²) < 4.78 is 14.8. The van der Waals surface area contributed by atoms with Gasteiger partial charge in [-0.1, -0.05) is 29.0 Å². The number of thiazole rings is 1. The highest BCUT2D eigenvalue weighted by Gasteiger charge is 2.20. The van der Waals surface area contributed by atoms with Gasteiger partial charge in [0.15, 0.2) is 5.13 Å². The van der Waals surface area contributed by atoms with Crippen molar-refractivity contribution < 1.29 is 9.18 Å². The Hall–Kier alpha value is -1.38. The zero-order chi connectivity index (χ0) is 20.1. The smallest absolute Gasteiger partial charge is 0.239 e. The van der Waals surface area contributed by atoms with E-state index >= 15 is 0 Å². The van der Waals surface area contributed by atoms with Crippen molar-refractivity contribution in [3.63, 3.8) is 0 Å². The summed E-state index contributed by atoms with van der Waals surface area (Å²) in [6, 6.07) is 12.3. The summed E-state index contributed by atoms with van der Waals surface area (Å²) in [5.41, 5.74) is 0.318. The van der Waals surface area contributed by atoms with Crippen LogP contribution in [-0.4, -0.2) is 48.7 Å². The molecule has 0 saturated carbocycles. The molecule has 156 valence electrons. The third-order valence-corrected chi connectivity index (χ3v) is 6.35. The maximum Gasteiger partial charge on any atom is 0.239 e. The number of benzene rings is 2. The number of aromatic nitrogens is 1. The number of hydrogen-bond acceptors (Lipinski definition) is 5. The van der Waals surface area contributed by atoms with Crippen molar-refractivity contribution in [1.29, 1.82) is 0 Å². The van der Waals surface area contributed by atoms with Crippen molar-refractivity contribution in [2.24, 2.45) is 0 Å². The minimum absolute atomic E-state index is 0. The molecule has 0 fully saturated rings. The van der Waals surface area contributed by atoms with Crippen molar-refractivity contribution in [2.75, 3.05) is 37.8 Å². The van der Waals surface area contributed by atoms with Crippen molar-refractivity contribution >= 4 is 68.4 Å². The second-order valence-corrected chi connectivity index (χ2v) is 9.02. The monoisotopic (exact) mass is 473 g/mol. The zero-order valence-corrected chi connectivity index (χ0v) is 19.3. The van der Waals surface area contributed by atoms with Gasteiger partial charge in [-0.2, -0.15) is 0 Å². The maximum atomic E-state index is 14.0. The Labute approximate surface area is 189 Å². The third-order valence-electron chi connectivity index (χ3n) is 4.05. The standard InChI is InChI=1S/C20H21ClFN3OS2.ClH/c1-24(2)11-4-12-25(18(26)13-27-15-9-7-14(21)8-10-15)20-23-19-16(22)5-3-6-17(19)28-20;/h3,5-10H,4,11-13H2,1-2H3;1H. The van der Waals surface area contributed by atoms with E-state index < -0.39 is 0 Å². The molecule has 0 bridgehead atoms. The molecule has 29 heavy (non-hydrogen) atoms. The molecule has 3 rings (SSSR count). The first-order chi connectivity index (χ1) is 13.4. The average molecular weight is 474 g/mol. The lowest BCUT2D eigenvalue weighted by atomic mass is 10.3. The molecule has 9 heteroatoms. The third kappa shape index (κ3) is 6.55. The Bertz CT molecular complexity index is 951. The van der Waals surface area contributed by atoms with Gasteiger partial charge in [-0.3, -0.25) is 9.69 Å². The van der Waals surface area contributed by atoms with Crippen LogP contribution in [0.5, 0.6) is 0 Å². The van der Waals surface area contributed by atoms with Gasteiger partial charge in [-0.25, -0.2) is 9.37 Å². The van der Waals surface area contributed by atoms with Crippen LogP contribution < -0.4 is 4.90 Å². The van der Waals surface area contributed by atoms with Crippen molar-refractivity contribution in [3.8, 4) is 0 Å². The van der Waals surface area contributed by atoms with Gasteiger partial charge in [-0.05, 0) is 63.5 Å². The molecule has 0 saturated heterocycles. The first-order valence-corrected chi connectivity index (χ1v) is 11.0. The van der Waals surface area contributed by atoms with E-state index in [1.54, 1.807) is 23.1 Å². The normalized spacial score (nSPS) is 10.9. The van der Waals surface area contributed by atoms with Gasteiger partial charge >= 0.3 is 0 Å². The molecule has 2 aromatic carbocycles. The molecule has 1 amide bonds. The second-order valence-electron chi connectivity index (χ2n) is 6.53. The number of anilines is 1. The molecule has 0 atom stereocenters. The number of rotatable bonds is 8. The highest BCUT2D eigenvalue weighted by atomic mass is 35.5. The predicted molar refractivity (Wildman–Crippen MR) is 125 cm³/mol. The number of amides is 1. The Morgan fingerprint density at radius 3 is 2.55 bits per heavy atom. The van der Waals surface area contributed by atoms with E-state index in [0.717, 1.165) is 22.6 Å². The molecule has 3 aromatic rings. The van der Waals surface area contributed by atoms with Crippen LogP contribution >= 0.6 is 47.1 Å². The number of thioether (sulfide) groups is 1. The van der Waals surface area contributed by atoms with Gasteiger partial charge in [0.25, 0.3) is 0 Å². The number of fused-ring (bicyclic) bond motifs is 1. The molecule has 0 N–H and O–H groups in total. The molecule has 0 unspecified atom stereocenters. The topological polar surface area (TPSA) is 36.4 Å². The van der Waals surface area contributed by atoms with Crippen molar-refractivity contribution in [1.82, 2.24) is 9.88 Å². The number of halogens is 3. The van der Waals surface area contributed by atoms with E-state index in [9.17, 15) is 9.18 Å². The SMILES string of the molecule is CN(C)CCCN(C(=O)CSc1ccc(Cl)cc1)c1nc2c(F)cccc2s1.Cl. The lowest BCUT2D eigenvalue weighted by Crippen LogP contribution is -2.34. The van der Waals surface area contributed by atoms with Crippen LogP contribution in [0.25, 0.3) is 10.2 Å². The minimum Gasteiger partial charge on any atom is -0.309 e. The molecule has 0 aliphatic carbocycles. The van der Waals surface area contributed by atoms with Crippen LogP contribution in [0.15, 0.2) is 47.4 Å². The Balaban J connectivity index is 0.00000300. The highest BCUT2D eigenvalue weighted by molar-refractivity contribution is 8.00.